The molecule has 19 heavy (non-hydrogen) atoms. The monoisotopic (exact) mass is 259 g/mol. The van der Waals surface area contributed by atoms with Crippen molar-refractivity contribution in [2.75, 3.05) is 13.7 Å². The maximum Gasteiger partial charge on any atom is 0.176 e. The molecule has 0 atom stereocenters. The van der Waals surface area contributed by atoms with E-state index in [0.717, 1.165) is 0 Å². The predicted octanol–water partition coefficient (Wildman–Crippen LogP) is 2.78. The minimum atomic E-state index is 0.0577. The Morgan fingerprint density at radius 3 is 2.58 bits per heavy atom. The van der Waals surface area contributed by atoms with Crippen molar-refractivity contribution >= 4 is 5.78 Å². The van der Waals surface area contributed by atoms with Crippen molar-refractivity contribution in [2.45, 2.75) is 13.5 Å². The fourth-order valence-electron chi connectivity index (χ4n) is 1.92. The number of ketones is 1. The zero-order valence-corrected chi connectivity index (χ0v) is 11.1. The summed E-state index contributed by atoms with van der Waals surface area (Å²) in [5, 5.41) is 0. The molecule has 1 aromatic heterocycles. The Balaban J connectivity index is 1.96. The minimum absolute atomic E-state index is 0.0577. The first-order chi connectivity index (χ1) is 9.22. The molecule has 0 saturated heterocycles. The summed E-state index contributed by atoms with van der Waals surface area (Å²) in [5.74, 6) is 1.48. The van der Waals surface area contributed by atoms with Gasteiger partial charge in [-0.1, -0.05) is 12.1 Å². The molecular formula is C15H17NO3. The van der Waals surface area contributed by atoms with Crippen LogP contribution in [0.2, 0.25) is 0 Å². The van der Waals surface area contributed by atoms with Gasteiger partial charge in [-0.15, -0.1) is 0 Å². The van der Waals surface area contributed by atoms with Crippen LogP contribution in [0.15, 0.2) is 42.6 Å². The largest absolute Gasteiger partial charge is 0.493 e. The van der Waals surface area contributed by atoms with E-state index >= 15 is 0 Å². The molecule has 0 amide bonds. The van der Waals surface area contributed by atoms with Crippen LogP contribution in [0.1, 0.15) is 17.4 Å². The second-order valence-corrected chi connectivity index (χ2v) is 4.14. The number of rotatable bonds is 6. The van der Waals surface area contributed by atoms with E-state index in [4.69, 9.17) is 9.47 Å². The Labute approximate surface area is 112 Å². The quantitative estimate of drug-likeness (QED) is 0.749. The Bertz CT molecular complexity index is 560. The number of nitrogens with zero attached hydrogens (tertiary/aromatic N) is 1. The summed E-state index contributed by atoms with van der Waals surface area (Å²) in [5.41, 5.74) is 0.698. The SMILES string of the molecule is COc1ccccc1OCCn1cccc1C(C)=O. The highest BCUT2D eigenvalue weighted by Gasteiger charge is 2.06. The number of ether oxygens (including phenoxy) is 2. The molecule has 0 spiro atoms. The third-order valence-corrected chi connectivity index (χ3v) is 2.85. The van der Waals surface area contributed by atoms with Crippen molar-refractivity contribution in [1.82, 2.24) is 4.57 Å². The maximum absolute atomic E-state index is 11.4. The van der Waals surface area contributed by atoms with E-state index < -0.39 is 0 Å². The van der Waals surface area contributed by atoms with E-state index in [0.29, 0.717) is 30.3 Å². The average Bonchev–Trinajstić information content (AvgIpc) is 2.88. The zero-order chi connectivity index (χ0) is 13.7. The summed E-state index contributed by atoms with van der Waals surface area (Å²) in [6.07, 6.45) is 1.88. The number of methoxy groups -OCH3 is 1. The maximum atomic E-state index is 11.4. The van der Waals surface area contributed by atoms with Crippen molar-refractivity contribution < 1.29 is 14.3 Å². The summed E-state index contributed by atoms with van der Waals surface area (Å²) < 4.78 is 12.8. The molecule has 0 unspecified atom stereocenters. The van der Waals surface area contributed by atoms with Crippen LogP contribution in [0.3, 0.4) is 0 Å². The summed E-state index contributed by atoms with van der Waals surface area (Å²) in [4.78, 5) is 11.4. The Kier molecular flexibility index (Phi) is 4.23. The van der Waals surface area contributed by atoms with Crippen LogP contribution in [0.25, 0.3) is 0 Å². The van der Waals surface area contributed by atoms with Crippen molar-refractivity contribution in [3.63, 3.8) is 0 Å². The Morgan fingerprint density at radius 1 is 1.16 bits per heavy atom. The van der Waals surface area contributed by atoms with Crippen LogP contribution in [-0.2, 0) is 6.54 Å². The van der Waals surface area contributed by atoms with Crippen molar-refractivity contribution in [1.29, 1.82) is 0 Å². The van der Waals surface area contributed by atoms with Crippen molar-refractivity contribution in [2.24, 2.45) is 0 Å². The molecule has 2 aromatic rings. The number of benzene rings is 1. The van der Waals surface area contributed by atoms with Gasteiger partial charge >= 0.3 is 0 Å². The first-order valence-corrected chi connectivity index (χ1v) is 6.14. The van der Waals surface area contributed by atoms with Gasteiger partial charge in [0.2, 0.25) is 0 Å². The van der Waals surface area contributed by atoms with Gasteiger partial charge in [-0.05, 0) is 24.3 Å². The van der Waals surface area contributed by atoms with Gasteiger partial charge in [0.15, 0.2) is 17.3 Å². The molecule has 0 aliphatic rings. The zero-order valence-electron chi connectivity index (χ0n) is 11.1. The van der Waals surface area contributed by atoms with E-state index in [1.165, 1.54) is 0 Å². The molecule has 0 fully saturated rings. The molecule has 0 saturated carbocycles. The molecule has 1 heterocycles. The number of aromatic nitrogens is 1. The molecule has 100 valence electrons. The number of hydrogen-bond donors (Lipinski definition) is 0. The minimum Gasteiger partial charge on any atom is -0.493 e. The highest BCUT2D eigenvalue weighted by atomic mass is 16.5. The smallest absolute Gasteiger partial charge is 0.176 e. The third kappa shape index (κ3) is 3.16. The normalized spacial score (nSPS) is 10.2. The van der Waals surface area contributed by atoms with Gasteiger partial charge in [-0.25, -0.2) is 0 Å². The fourth-order valence-corrected chi connectivity index (χ4v) is 1.92. The summed E-state index contributed by atoms with van der Waals surface area (Å²) in [7, 11) is 1.61. The van der Waals surface area contributed by atoms with Gasteiger partial charge in [0.05, 0.1) is 19.3 Å². The van der Waals surface area contributed by atoms with Crippen molar-refractivity contribution in [3.05, 3.63) is 48.3 Å². The van der Waals surface area contributed by atoms with Crippen LogP contribution < -0.4 is 9.47 Å². The molecule has 0 aliphatic carbocycles. The van der Waals surface area contributed by atoms with Gasteiger partial charge in [-0.3, -0.25) is 4.79 Å². The first kappa shape index (κ1) is 13.2. The first-order valence-electron chi connectivity index (χ1n) is 6.14. The Morgan fingerprint density at radius 2 is 1.89 bits per heavy atom. The second-order valence-electron chi connectivity index (χ2n) is 4.14. The van der Waals surface area contributed by atoms with Gasteiger partial charge in [0, 0.05) is 13.1 Å². The molecule has 0 bridgehead atoms. The average molecular weight is 259 g/mol. The lowest BCUT2D eigenvalue weighted by atomic mass is 10.3. The molecule has 2 rings (SSSR count). The van der Waals surface area contributed by atoms with Crippen LogP contribution in [0, 0.1) is 0 Å². The molecule has 1 aromatic carbocycles. The van der Waals surface area contributed by atoms with Gasteiger partial charge in [0.1, 0.15) is 6.61 Å². The van der Waals surface area contributed by atoms with Crippen molar-refractivity contribution in [3.8, 4) is 11.5 Å². The van der Waals surface area contributed by atoms with E-state index in [1.54, 1.807) is 14.0 Å². The standard InChI is InChI=1S/C15H17NO3/c1-12(17)13-6-5-9-16(13)10-11-19-15-8-4-3-7-14(15)18-2/h3-9H,10-11H2,1-2H3. The lowest BCUT2D eigenvalue weighted by Gasteiger charge is -2.11. The lowest BCUT2D eigenvalue weighted by Crippen LogP contribution is -2.12. The highest BCUT2D eigenvalue weighted by molar-refractivity contribution is 5.92. The fraction of sp³-hybridized carbons (Fsp3) is 0.267. The van der Waals surface area contributed by atoms with E-state index in [2.05, 4.69) is 0 Å². The topological polar surface area (TPSA) is 40.5 Å². The number of Topliss-reactive ketones (excluding diaryl/α,β-unsaturated/α-hetero) is 1. The summed E-state index contributed by atoms with van der Waals surface area (Å²) >= 11 is 0. The van der Waals surface area contributed by atoms with E-state index in [-0.39, 0.29) is 5.78 Å². The van der Waals surface area contributed by atoms with Gasteiger partial charge in [0.25, 0.3) is 0 Å². The number of carbonyl (C=O) groups excluding carboxylic acids is 1. The number of hydrogen-bond acceptors (Lipinski definition) is 3. The predicted molar refractivity (Wildman–Crippen MR) is 72.9 cm³/mol. The van der Waals surface area contributed by atoms with E-state index in [9.17, 15) is 4.79 Å². The molecule has 4 nitrogen and oxygen atoms in total. The van der Waals surface area contributed by atoms with Crippen LogP contribution in [0.5, 0.6) is 11.5 Å². The van der Waals surface area contributed by atoms with E-state index in [1.807, 2.05) is 47.2 Å². The molecular weight excluding hydrogens is 242 g/mol. The van der Waals surface area contributed by atoms with Crippen LogP contribution >= 0.6 is 0 Å². The molecule has 4 heteroatoms. The molecule has 0 radical (unpaired) electrons. The van der Waals surface area contributed by atoms with Gasteiger partial charge < -0.3 is 14.0 Å². The second kappa shape index (κ2) is 6.09. The third-order valence-electron chi connectivity index (χ3n) is 2.85. The molecule has 0 N–H and O–H groups in total. The van der Waals surface area contributed by atoms with Gasteiger partial charge in [-0.2, -0.15) is 0 Å². The Hall–Kier alpha value is -2.23. The summed E-state index contributed by atoms with van der Waals surface area (Å²) in [6, 6.07) is 11.2. The number of para-hydroxylation sites is 2. The van der Waals surface area contributed by atoms with Crippen LogP contribution in [0.4, 0.5) is 0 Å². The number of carbonyl (C=O) groups is 1. The highest BCUT2D eigenvalue weighted by Crippen LogP contribution is 2.25. The molecule has 0 aliphatic heterocycles. The van der Waals surface area contributed by atoms with Crippen LogP contribution in [-0.4, -0.2) is 24.1 Å². The summed E-state index contributed by atoms with van der Waals surface area (Å²) in [6.45, 7) is 2.67. The lowest BCUT2D eigenvalue weighted by molar-refractivity contribution is 0.100.